The predicted molar refractivity (Wildman–Crippen MR) is 107 cm³/mol. The molecule has 0 spiro atoms. The van der Waals surface area contributed by atoms with Crippen molar-refractivity contribution in [3.05, 3.63) is 96.1 Å². The molecule has 4 rings (SSSR count). The molecule has 0 radical (unpaired) electrons. The average Bonchev–Trinajstić information content (AvgIpc) is 3.46. The lowest BCUT2D eigenvalue weighted by atomic mass is 10.0. The molecule has 1 atom stereocenters. The molecule has 146 valence electrons. The van der Waals surface area contributed by atoms with Gasteiger partial charge in [-0.1, -0.05) is 54.6 Å². The van der Waals surface area contributed by atoms with Crippen molar-refractivity contribution in [1.82, 2.24) is 35.3 Å². The van der Waals surface area contributed by atoms with Gasteiger partial charge in [0.25, 0.3) is 0 Å². The Labute approximate surface area is 168 Å². The van der Waals surface area contributed by atoms with E-state index in [2.05, 4.69) is 25.9 Å². The molecule has 8 heteroatoms. The van der Waals surface area contributed by atoms with Gasteiger partial charge in [0, 0.05) is 25.4 Å². The topological polar surface area (TPSA) is 90.5 Å². The average molecular weight is 387 g/mol. The number of benzene rings is 2. The van der Waals surface area contributed by atoms with Crippen LogP contribution in [0.15, 0.2) is 79.4 Å². The highest BCUT2D eigenvalue weighted by molar-refractivity contribution is 5.80. The second kappa shape index (κ2) is 8.92. The Balaban J connectivity index is 1.47. The van der Waals surface area contributed by atoms with Crippen LogP contribution >= 0.6 is 0 Å². The fourth-order valence-corrected chi connectivity index (χ4v) is 3.21. The van der Waals surface area contributed by atoms with Crippen LogP contribution in [0, 0.1) is 0 Å². The zero-order valence-corrected chi connectivity index (χ0v) is 15.8. The third kappa shape index (κ3) is 4.73. The van der Waals surface area contributed by atoms with Crippen molar-refractivity contribution in [3.63, 3.8) is 0 Å². The van der Waals surface area contributed by atoms with E-state index in [4.69, 9.17) is 0 Å². The minimum Gasteiger partial charge on any atom is -0.350 e. The summed E-state index contributed by atoms with van der Waals surface area (Å²) >= 11 is 0. The van der Waals surface area contributed by atoms with Gasteiger partial charge in [-0.15, -0.1) is 5.10 Å². The standard InChI is InChI=1S/C21H21N7O/c29-21(20(28-16-23-25-26-28)13-17-7-2-1-3-8-17)22-14-18-9-4-5-10-19(18)15-27-12-6-11-24-27/h1-12,16,20H,13-15H2,(H,22,29). The van der Waals surface area contributed by atoms with E-state index >= 15 is 0 Å². The van der Waals surface area contributed by atoms with Crippen molar-refractivity contribution in [2.45, 2.75) is 25.6 Å². The van der Waals surface area contributed by atoms with Crippen LogP contribution in [-0.4, -0.2) is 35.9 Å². The van der Waals surface area contributed by atoms with Crippen LogP contribution in [0.25, 0.3) is 0 Å². The molecule has 29 heavy (non-hydrogen) atoms. The van der Waals surface area contributed by atoms with E-state index in [1.807, 2.05) is 71.5 Å². The number of carbonyl (C=O) groups excluding carboxylic acids is 1. The lowest BCUT2D eigenvalue weighted by Gasteiger charge is -2.17. The maximum atomic E-state index is 13.0. The molecule has 2 aromatic heterocycles. The molecule has 8 nitrogen and oxygen atoms in total. The summed E-state index contributed by atoms with van der Waals surface area (Å²) in [5, 5.41) is 18.6. The first-order valence-electron chi connectivity index (χ1n) is 9.38. The Bertz CT molecular complexity index is 1030. The third-order valence-corrected chi connectivity index (χ3v) is 4.72. The van der Waals surface area contributed by atoms with Crippen molar-refractivity contribution in [3.8, 4) is 0 Å². The fraction of sp³-hybridized carbons (Fsp3) is 0.190. The third-order valence-electron chi connectivity index (χ3n) is 4.72. The molecular formula is C21H21N7O. The normalized spacial score (nSPS) is 11.9. The molecule has 0 aliphatic heterocycles. The van der Waals surface area contributed by atoms with E-state index in [1.54, 1.807) is 6.20 Å². The molecular weight excluding hydrogens is 366 g/mol. The Hall–Kier alpha value is -3.81. The summed E-state index contributed by atoms with van der Waals surface area (Å²) in [5.74, 6) is -0.130. The van der Waals surface area contributed by atoms with Gasteiger partial charge >= 0.3 is 0 Å². The fourth-order valence-electron chi connectivity index (χ4n) is 3.21. The first kappa shape index (κ1) is 18.5. The Morgan fingerprint density at radius 1 is 1.00 bits per heavy atom. The van der Waals surface area contributed by atoms with Crippen LogP contribution in [0.3, 0.4) is 0 Å². The molecule has 0 fully saturated rings. The van der Waals surface area contributed by atoms with Gasteiger partial charge in [-0.25, -0.2) is 4.68 Å². The summed E-state index contributed by atoms with van der Waals surface area (Å²) in [6, 6.07) is 19.2. The lowest BCUT2D eigenvalue weighted by molar-refractivity contribution is -0.124. The van der Waals surface area contributed by atoms with Crippen molar-refractivity contribution < 1.29 is 4.79 Å². The SMILES string of the molecule is O=C(NCc1ccccc1Cn1cccn1)C(Cc1ccccc1)n1cnnn1. The predicted octanol–water partition coefficient (Wildman–Crippen LogP) is 2.02. The second-order valence-electron chi connectivity index (χ2n) is 6.69. The Morgan fingerprint density at radius 2 is 1.79 bits per heavy atom. The zero-order valence-electron chi connectivity index (χ0n) is 15.8. The monoisotopic (exact) mass is 387 g/mol. The lowest BCUT2D eigenvalue weighted by Crippen LogP contribution is -2.34. The number of hydrogen-bond donors (Lipinski definition) is 1. The summed E-state index contributed by atoms with van der Waals surface area (Å²) in [6.07, 6.45) is 5.65. The molecule has 0 aliphatic carbocycles. The van der Waals surface area contributed by atoms with Gasteiger partial charge in [-0.3, -0.25) is 9.48 Å². The smallest absolute Gasteiger partial charge is 0.245 e. The van der Waals surface area contributed by atoms with E-state index < -0.39 is 6.04 Å². The van der Waals surface area contributed by atoms with Crippen LogP contribution in [0.4, 0.5) is 0 Å². The number of amides is 1. The molecule has 1 unspecified atom stereocenters. The van der Waals surface area contributed by atoms with Crippen molar-refractivity contribution in [2.75, 3.05) is 0 Å². The summed E-state index contributed by atoms with van der Waals surface area (Å²) in [5.41, 5.74) is 3.20. The maximum absolute atomic E-state index is 13.0. The Kier molecular flexibility index (Phi) is 5.70. The summed E-state index contributed by atoms with van der Waals surface area (Å²) in [4.78, 5) is 13.0. The largest absolute Gasteiger partial charge is 0.350 e. The van der Waals surface area contributed by atoms with E-state index in [0.717, 1.165) is 16.7 Å². The van der Waals surface area contributed by atoms with Gasteiger partial charge in [0.2, 0.25) is 5.91 Å². The highest BCUT2D eigenvalue weighted by atomic mass is 16.2. The van der Waals surface area contributed by atoms with Gasteiger partial charge in [-0.05, 0) is 33.2 Å². The molecule has 0 aliphatic rings. The highest BCUT2D eigenvalue weighted by Gasteiger charge is 2.22. The van der Waals surface area contributed by atoms with Gasteiger partial charge < -0.3 is 5.32 Å². The van der Waals surface area contributed by atoms with Crippen molar-refractivity contribution in [2.24, 2.45) is 0 Å². The first-order valence-corrected chi connectivity index (χ1v) is 9.38. The van der Waals surface area contributed by atoms with Crippen LogP contribution in [0.2, 0.25) is 0 Å². The van der Waals surface area contributed by atoms with Gasteiger partial charge in [-0.2, -0.15) is 5.10 Å². The van der Waals surface area contributed by atoms with Crippen LogP contribution in [0.5, 0.6) is 0 Å². The molecule has 1 N–H and O–H groups in total. The summed E-state index contributed by atoms with van der Waals surface area (Å²) in [6.45, 7) is 1.07. The summed E-state index contributed by atoms with van der Waals surface area (Å²) in [7, 11) is 0. The first-order chi connectivity index (χ1) is 14.3. The van der Waals surface area contributed by atoms with Crippen molar-refractivity contribution in [1.29, 1.82) is 0 Å². The molecule has 4 aromatic rings. The maximum Gasteiger partial charge on any atom is 0.245 e. The van der Waals surface area contributed by atoms with E-state index in [9.17, 15) is 4.79 Å². The molecule has 0 saturated heterocycles. The van der Waals surface area contributed by atoms with Gasteiger partial charge in [0.15, 0.2) is 0 Å². The number of rotatable bonds is 8. The summed E-state index contributed by atoms with van der Waals surface area (Å²) < 4.78 is 3.36. The number of nitrogens with zero attached hydrogens (tertiary/aromatic N) is 6. The van der Waals surface area contributed by atoms with E-state index in [-0.39, 0.29) is 5.91 Å². The number of hydrogen-bond acceptors (Lipinski definition) is 5. The van der Waals surface area contributed by atoms with E-state index in [1.165, 1.54) is 11.0 Å². The van der Waals surface area contributed by atoms with Crippen LogP contribution < -0.4 is 5.32 Å². The van der Waals surface area contributed by atoms with Crippen molar-refractivity contribution >= 4 is 5.91 Å². The second-order valence-corrected chi connectivity index (χ2v) is 6.69. The Morgan fingerprint density at radius 3 is 2.52 bits per heavy atom. The number of carbonyl (C=O) groups is 1. The molecule has 0 saturated carbocycles. The number of nitrogens with one attached hydrogen (secondary N) is 1. The zero-order chi connectivity index (χ0) is 19.9. The molecule has 0 bridgehead atoms. The van der Waals surface area contributed by atoms with E-state index in [0.29, 0.717) is 19.5 Å². The van der Waals surface area contributed by atoms with Gasteiger partial charge in [0.1, 0.15) is 12.4 Å². The highest BCUT2D eigenvalue weighted by Crippen LogP contribution is 2.15. The number of tetrazole rings is 1. The quantitative estimate of drug-likeness (QED) is 0.499. The molecule has 2 aromatic carbocycles. The molecule has 1 amide bonds. The minimum atomic E-state index is -0.523. The van der Waals surface area contributed by atoms with Crippen LogP contribution in [-0.2, 0) is 24.3 Å². The molecule has 2 heterocycles. The van der Waals surface area contributed by atoms with Gasteiger partial charge in [0.05, 0.1) is 6.54 Å². The van der Waals surface area contributed by atoms with Crippen LogP contribution in [0.1, 0.15) is 22.7 Å². The minimum absolute atomic E-state index is 0.130. The number of aromatic nitrogens is 6.